The first-order valence-electron chi connectivity index (χ1n) is 11.2. The predicted molar refractivity (Wildman–Crippen MR) is 129 cm³/mol. The molecule has 2 aromatic rings. The smallest absolute Gasteiger partial charge is 0.328 e. The third-order valence-corrected chi connectivity index (χ3v) is 5.80. The molecule has 0 aromatic heterocycles. The van der Waals surface area contributed by atoms with Gasteiger partial charge in [0.15, 0.2) is 0 Å². The number of hydrogen-bond acceptors (Lipinski definition) is 6. The van der Waals surface area contributed by atoms with E-state index in [2.05, 4.69) is 10.6 Å². The number of hydrogen-bond donors (Lipinski definition) is 4. The van der Waals surface area contributed by atoms with Crippen LogP contribution in [0.1, 0.15) is 43.4 Å². The lowest BCUT2D eigenvalue weighted by Gasteiger charge is -2.28. The first-order chi connectivity index (χ1) is 16.0. The van der Waals surface area contributed by atoms with Crippen molar-refractivity contribution in [3.05, 3.63) is 65.2 Å². The number of rotatable bonds is 12. The van der Waals surface area contributed by atoms with Crippen LogP contribution in [0.4, 0.5) is 0 Å². The van der Waals surface area contributed by atoms with Crippen LogP contribution >= 0.6 is 0 Å². The van der Waals surface area contributed by atoms with Crippen LogP contribution < -0.4 is 10.6 Å². The van der Waals surface area contributed by atoms with E-state index < -0.39 is 41.8 Å². The molecule has 8 heteroatoms. The van der Waals surface area contributed by atoms with Gasteiger partial charge in [0, 0.05) is 6.42 Å². The summed E-state index contributed by atoms with van der Waals surface area (Å²) in [5.41, 5.74) is 2.13. The van der Waals surface area contributed by atoms with Crippen LogP contribution in [0.5, 0.6) is 5.75 Å². The summed E-state index contributed by atoms with van der Waals surface area (Å²) < 4.78 is 4.83. The van der Waals surface area contributed by atoms with E-state index in [0.717, 1.165) is 16.7 Å². The fourth-order valence-corrected chi connectivity index (χ4v) is 3.80. The minimum absolute atomic E-state index is 0.201. The molecule has 2 atom stereocenters. The lowest BCUT2D eigenvalue weighted by molar-refractivity contribution is -0.145. The summed E-state index contributed by atoms with van der Waals surface area (Å²) >= 11 is 0. The van der Waals surface area contributed by atoms with Crippen LogP contribution in [0.3, 0.4) is 0 Å². The van der Waals surface area contributed by atoms with Crippen LogP contribution in [-0.4, -0.2) is 53.8 Å². The maximum Gasteiger partial charge on any atom is 0.328 e. The van der Waals surface area contributed by atoms with Crippen molar-refractivity contribution in [3.63, 3.8) is 0 Å². The number of aliphatic carboxylic acids is 1. The Balaban J connectivity index is 2.07. The number of phenolic OH excluding ortho intramolecular Hbond substituents is 1. The molecule has 1 amide bonds. The minimum atomic E-state index is -1.14. The van der Waals surface area contributed by atoms with Crippen molar-refractivity contribution < 1.29 is 29.3 Å². The SMILES string of the molecule is COC(=O)[C@H](Cc1ccccc1)NC(=O)[C@H](CC(=O)O)NCCC(C)(C)c1ccc(C)cc1O. The molecule has 8 nitrogen and oxygen atoms in total. The Labute approximate surface area is 200 Å². The van der Waals surface area contributed by atoms with Crippen molar-refractivity contribution in [2.24, 2.45) is 0 Å². The number of esters is 1. The number of ether oxygens (including phenoxy) is 1. The van der Waals surface area contributed by atoms with Gasteiger partial charge in [-0.2, -0.15) is 0 Å². The number of aromatic hydroxyl groups is 1. The zero-order valence-electron chi connectivity index (χ0n) is 20.1. The first kappa shape index (κ1) is 26.9. The Kier molecular flexibility index (Phi) is 9.62. The number of aryl methyl sites for hydroxylation is 1. The van der Waals surface area contributed by atoms with Crippen molar-refractivity contribution in [3.8, 4) is 5.75 Å². The van der Waals surface area contributed by atoms with Gasteiger partial charge in [-0.25, -0.2) is 4.79 Å². The highest BCUT2D eigenvalue weighted by Gasteiger charge is 2.29. The molecule has 34 heavy (non-hydrogen) atoms. The maximum absolute atomic E-state index is 12.9. The number of nitrogens with one attached hydrogen (secondary N) is 2. The monoisotopic (exact) mass is 470 g/mol. The quantitative estimate of drug-likeness (QED) is 0.352. The molecular formula is C26H34N2O6. The molecule has 0 aliphatic heterocycles. The van der Waals surface area contributed by atoms with Gasteiger partial charge in [-0.3, -0.25) is 9.59 Å². The highest BCUT2D eigenvalue weighted by Crippen LogP contribution is 2.33. The van der Waals surface area contributed by atoms with Gasteiger partial charge < -0.3 is 25.6 Å². The van der Waals surface area contributed by atoms with Crippen LogP contribution in [0.25, 0.3) is 0 Å². The number of methoxy groups -OCH3 is 1. The number of carbonyl (C=O) groups is 3. The largest absolute Gasteiger partial charge is 0.508 e. The summed E-state index contributed by atoms with van der Waals surface area (Å²) in [7, 11) is 1.24. The zero-order chi connectivity index (χ0) is 25.3. The van der Waals surface area contributed by atoms with E-state index in [9.17, 15) is 24.6 Å². The highest BCUT2D eigenvalue weighted by atomic mass is 16.5. The Morgan fingerprint density at radius 3 is 2.32 bits per heavy atom. The standard InChI is InChI=1S/C26H34N2O6/c1-17-10-11-19(22(29)14-17)26(2,3)12-13-27-20(16-23(30)31)24(32)28-21(25(33)34-4)15-18-8-6-5-7-9-18/h5-11,14,20-21,27,29H,12-13,15-16H2,1-4H3,(H,28,32)(H,30,31)/t20-,21-/m0/s1. The van der Waals surface area contributed by atoms with Gasteiger partial charge in [0.1, 0.15) is 11.8 Å². The number of phenols is 1. The predicted octanol–water partition coefficient (Wildman–Crippen LogP) is 2.70. The van der Waals surface area contributed by atoms with E-state index in [0.29, 0.717) is 13.0 Å². The van der Waals surface area contributed by atoms with Crippen molar-refractivity contribution in [2.75, 3.05) is 13.7 Å². The number of amides is 1. The van der Waals surface area contributed by atoms with Gasteiger partial charge in [-0.1, -0.05) is 56.3 Å². The lowest BCUT2D eigenvalue weighted by Crippen LogP contribution is -2.52. The molecule has 0 saturated carbocycles. The van der Waals surface area contributed by atoms with E-state index in [-0.39, 0.29) is 12.2 Å². The number of benzene rings is 2. The third-order valence-electron chi connectivity index (χ3n) is 5.80. The third kappa shape index (κ3) is 7.88. The maximum atomic E-state index is 12.9. The van der Waals surface area contributed by atoms with E-state index in [1.807, 2.05) is 63.2 Å². The summed E-state index contributed by atoms with van der Waals surface area (Å²) in [6.07, 6.45) is 0.317. The van der Waals surface area contributed by atoms with E-state index in [1.54, 1.807) is 6.07 Å². The molecule has 0 radical (unpaired) electrons. The molecule has 0 spiro atoms. The second kappa shape index (κ2) is 12.2. The topological polar surface area (TPSA) is 125 Å². The number of carbonyl (C=O) groups excluding carboxylic acids is 2. The normalized spacial score (nSPS) is 13.1. The average Bonchev–Trinajstić information content (AvgIpc) is 2.77. The van der Waals surface area contributed by atoms with Crippen molar-refractivity contribution >= 4 is 17.8 Å². The van der Waals surface area contributed by atoms with Gasteiger partial charge in [0.25, 0.3) is 0 Å². The molecular weight excluding hydrogens is 436 g/mol. The van der Waals surface area contributed by atoms with Gasteiger partial charge >= 0.3 is 11.9 Å². The molecule has 0 saturated heterocycles. The summed E-state index contributed by atoms with van der Waals surface area (Å²) in [6, 6.07) is 12.7. The zero-order valence-corrected chi connectivity index (χ0v) is 20.1. The van der Waals surface area contributed by atoms with Crippen molar-refractivity contribution in [1.29, 1.82) is 0 Å². The first-order valence-corrected chi connectivity index (χ1v) is 11.2. The Bertz CT molecular complexity index is 990. The molecule has 0 bridgehead atoms. The summed E-state index contributed by atoms with van der Waals surface area (Å²) in [5.74, 6) is -2.14. The summed E-state index contributed by atoms with van der Waals surface area (Å²) in [4.78, 5) is 36.6. The highest BCUT2D eigenvalue weighted by molar-refractivity contribution is 5.90. The second-order valence-corrected chi connectivity index (χ2v) is 9.03. The van der Waals surface area contributed by atoms with Gasteiger partial charge in [0.05, 0.1) is 19.6 Å². The molecule has 4 N–H and O–H groups in total. The van der Waals surface area contributed by atoms with E-state index in [1.165, 1.54) is 7.11 Å². The molecule has 0 aliphatic carbocycles. The summed E-state index contributed by atoms with van der Waals surface area (Å²) in [5, 5.41) is 25.3. The van der Waals surface area contributed by atoms with Crippen molar-refractivity contribution in [2.45, 2.75) is 57.5 Å². The molecule has 0 aliphatic rings. The van der Waals surface area contributed by atoms with Crippen LogP contribution in [0.15, 0.2) is 48.5 Å². The molecule has 2 aromatic carbocycles. The van der Waals surface area contributed by atoms with Gasteiger partial charge in [-0.05, 0) is 48.1 Å². The fourth-order valence-electron chi connectivity index (χ4n) is 3.80. The number of carboxylic acid groups (broad SMARTS) is 1. The Hall–Kier alpha value is -3.39. The lowest BCUT2D eigenvalue weighted by atomic mass is 9.80. The van der Waals surface area contributed by atoms with Crippen LogP contribution in [0, 0.1) is 6.92 Å². The molecule has 184 valence electrons. The molecule has 0 heterocycles. The number of carboxylic acids is 1. The van der Waals surface area contributed by atoms with Crippen molar-refractivity contribution in [1.82, 2.24) is 10.6 Å². The molecule has 0 fully saturated rings. The van der Waals surface area contributed by atoms with Gasteiger partial charge in [-0.15, -0.1) is 0 Å². The van der Waals surface area contributed by atoms with Crippen LogP contribution in [0.2, 0.25) is 0 Å². The van der Waals surface area contributed by atoms with Crippen LogP contribution in [-0.2, 0) is 31.0 Å². The second-order valence-electron chi connectivity index (χ2n) is 9.03. The molecule has 2 rings (SSSR count). The Morgan fingerprint density at radius 2 is 1.74 bits per heavy atom. The average molecular weight is 471 g/mol. The summed E-state index contributed by atoms with van der Waals surface area (Å²) in [6.45, 7) is 6.16. The van der Waals surface area contributed by atoms with Gasteiger partial charge in [0.2, 0.25) is 5.91 Å². The van der Waals surface area contributed by atoms with E-state index >= 15 is 0 Å². The minimum Gasteiger partial charge on any atom is -0.508 e. The fraction of sp³-hybridized carbons (Fsp3) is 0.423. The van der Waals surface area contributed by atoms with E-state index in [4.69, 9.17) is 4.74 Å². The Morgan fingerprint density at radius 1 is 1.06 bits per heavy atom. The molecule has 0 unspecified atom stereocenters.